The van der Waals surface area contributed by atoms with Crippen LogP contribution >= 0.6 is 11.6 Å². The Morgan fingerprint density at radius 1 is 1.15 bits per heavy atom. The molecule has 1 aliphatic rings. The van der Waals surface area contributed by atoms with Crippen LogP contribution in [0.2, 0.25) is 0 Å². The number of fused-ring (bicyclic) bond motifs is 1. The monoisotopic (exact) mass is 566 g/mol. The van der Waals surface area contributed by atoms with E-state index in [1.165, 1.54) is 18.7 Å². The molecule has 3 heterocycles. The third kappa shape index (κ3) is 5.72. The first kappa shape index (κ1) is 27.8. The molecule has 4 aromatic rings. The molecule has 1 atom stereocenters. The fourth-order valence-electron chi connectivity index (χ4n) is 5.35. The van der Waals surface area contributed by atoms with Crippen molar-refractivity contribution in [1.29, 1.82) is 0 Å². The third-order valence-corrected chi connectivity index (χ3v) is 7.94. The number of pyridine rings is 1. The van der Waals surface area contributed by atoms with Gasteiger partial charge in [-0.15, -0.1) is 11.6 Å². The van der Waals surface area contributed by atoms with Crippen molar-refractivity contribution in [2.45, 2.75) is 52.0 Å². The Labute approximate surface area is 236 Å². The summed E-state index contributed by atoms with van der Waals surface area (Å²) in [5.41, 5.74) is 2.37. The molecule has 2 amide bonds. The zero-order chi connectivity index (χ0) is 28.2. The lowest BCUT2D eigenvalue weighted by Crippen LogP contribution is -2.36. The third-order valence-electron chi connectivity index (χ3n) is 7.67. The molecule has 1 unspecified atom stereocenters. The van der Waals surface area contributed by atoms with Gasteiger partial charge in [0.2, 0.25) is 0 Å². The van der Waals surface area contributed by atoms with Crippen LogP contribution in [0.15, 0.2) is 41.4 Å². The molecule has 1 aliphatic carbocycles. The Kier molecular flexibility index (Phi) is 8.44. The standard InChI is InChI=1S/C29H32ClFN6O3/c1-16-4-6-18(7-5-16)25(36-29(39)22-15-40-37-17(22)2)27-34-23-9-8-19(24(31)26(23)35-27)21-14-32-13-10-20(21)28(38)33-12-3-11-30/h8-10,13-16,18,25H,3-7,11-12H2,1-2H3,(H,33,38)(H,34,35)(H,36,39). The first-order valence-corrected chi connectivity index (χ1v) is 14.1. The number of aromatic amines is 1. The molecule has 1 fully saturated rings. The van der Waals surface area contributed by atoms with E-state index in [-0.39, 0.29) is 28.8 Å². The second kappa shape index (κ2) is 12.2. The molecule has 0 bridgehead atoms. The number of aryl methyl sites for hydroxylation is 1. The lowest BCUT2D eigenvalue weighted by molar-refractivity contribution is 0.0902. The van der Waals surface area contributed by atoms with Crippen molar-refractivity contribution in [2.24, 2.45) is 11.8 Å². The maximum absolute atomic E-state index is 16.0. The van der Waals surface area contributed by atoms with Crippen LogP contribution in [-0.4, -0.2) is 44.3 Å². The zero-order valence-corrected chi connectivity index (χ0v) is 23.2. The lowest BCUT2D eigenvalue weighted by atomic mass is 9.79. The highest BCUT2D eigenvalue weighted by atomic mass is 35.5. The Bertz CT molecular complexity index is 1510. The van der Waals surface area contributed by atoms with Crippen LogP contribution in [0.5, 0.6) is 0 Å². The quantitative estimate of drug-likeness (QED) is 0.176. The number of H-pyrrole nitrogens is 1. The Morgan fingerprint density at radius 3 is 2.67 bits per heavy atom. The minimum atomic E-state index is -0.569. The number of carbonyl (C=O) groups excluding carboxylic acids is 2. The molecule has 3 aromatic heterocycles. The van der Waals surface area contributed by atoms with Gasteiger partial charge in [0, 0.05) is 35.9 Å². The smallest absolute Gasteiger partial charge is 0.257 e. The van der Waals surface area contributed by atoms with Crippen molar-refractivity contribution >= 4 is 34.4 Å². The summed E-state index contributed by atoms with van der Waals surface area (Å²) in [5.74, 6) is 0.441. The highest BCUT2D eigenvalue weighted by molar-refractivity contribution is 6.17. The van der Waals surface area contributed by atoms with E-state index in [4.69, 9.17) is 16.1 Å². The van der Waals surface area contributed by atoms with Crippen LogP contribution in [0.1, 0.15) is 77.3 Å². The van der Waals surface area contributed by atoms with E-state index >= 15 is 4.39 Å². The van der Waals surface area contributed by atoms with E-state index in [9.17, 15) is 9.59 Å². The highest BCUT2D eigenvalue weighted by Gasteiger charge is 2.32. The van der Waals surface area contributed by atoms with Crippen LogP contribution in [0.25, 0.3) is 22.2 Å². The number of imidazole rings is 1. The van der Waals surface area contributed by atoms with Gasteiger partial charge in [0.1, 0.15) is 23.2 Å². The van der Waals surface area contributed by atoms with Gasteiger partial charge in [0.15, 0.2) is 5.82 Å². The van der Waals surface area contributed by atoms with Crippen molar-refractivity contribution in [3.63, 3.8) is 0 Å². The van der Waals surface area contributed by atoms with Crippen LogP contribution in [0.4, 0.5) is 4.39 Å². The number of hydrogen-bond donors (Lipinski definition) is 3. The van der Waals surface area contributed by atoms with E-state index in [1.807, 2.05) is 0 Å². The van der Waals surface area contributed by atoms with Crippen molar-refractivity contribution in [3.8, 4) is 11.1 Å². The van der Waals surface area contributed by atoms with Gasteiger partial charge >= 0.3 is 0 Å². The number of nitrogens with one attached hydrogen (secondary N) is 3. The molecule has 11 heteroatoms. The van der Waals surface area contributed by atoms with E-state index in [0.29, 0.717) is 58.5 Å². The van der Waals surface area contributed by atoms with Gasteiger partial charge in [-0.2, -0.15) is 0 Å². The zero-order valence-electron chi connectivity index (χ0n) is 22.5. The molecule has 40 heavy (non-hydrogen) atoms. The largest absolute Gasteiger partial charge is 0.364 e. The lowest BCUT2D eigenvalue weighted by Gasteiger charge is -2.32. The molecule has 210 valence electrons. The van der Waals surface area contributed by atoms with Crippen LogP contribution < -0.4 is 10.6 Å². The van der Waals surface area contributed by atoms with Gasteiger partial charge in [-0.3, -0.25) is 14.6 Å². The number of rotatable bonds is 9. The predicted octanol–water partition coefficient (Wildman–Crippen LogP) is 5.72. The molecule has 5 rings (SSSR count). The van der Waals surface area contributed by atoms with Gasteiger partial charge in [-0.1, -0.05) is 24.9 Å². The maximum atomic E-state index is 16.0. The molecule has 0 spiro atoms. The first-order chi connectivity index (χ1) is 19.4. The number of hydrogen-bond acceptors (Lipinski definition) is 6. The number of nitrogens with zero attached hydrogens (tertiary/aromatic N) is 3. The second-order valence-corrected chi connectivity index (χ2v) is 10.8. The first-order valence-electron chi connectivity index (χ1n) is 13.6. The normalized spacial score (nSPS) is 18.0. The van der Waals surface area contributed by atoms with Gasteiger partial charge < -0.3 is 20.1 Å². The van der Waals surface area contributed by atoms with Crippen LogP contribution in [-0.2, 0) is 0 Å². The second-order valence-electron chi connectivity index (χ2n) is 10.4. The average Bonchev–Trinajstić information content (AvgIpc) is 3.59. The van der Waals surface area contributed by atoms with Gasteiger partial charge in [0.25, 0.3) is 11.8 Å². The van der Waals surface area contributed by atoms with Gasteiger partial charge in [-0.05, 0) is 56.2 Å². The minimum absolute atomic E-state index is 0.130. The summed E-state index contributed by atoms with van der Waals surface area (Å²) in [6.07, 6.45) is 8.83. The topological polar surface area (TPSA) is 126 Å². The summed E-state index contributed by atoms with van der Waals surface area (Å²) in [5, 5.41) is 9.74. The molecule has 9 nitrogen and oxygen atoms in total. The number of halogens is 2. The highest BCUT2D eigenvalue weighted by Crippen LogP contribution is 2.38. The van der Waals surface area contributed by atoms with Crippen molar-refractivity contribution in [1.82, 2.24) is 30.7 Å². The summed E-state index contributed by atoms with van der Waals surface area (Å²) in [6, 6.07) is 4.46. The van der Waals surface area contributed by atoms with E-state index in [1.54, 1.807) is 25.1 Å². The number of benzene rings is 1. The number of amides is 2. The molecule has 0 saturated heterocycles. The fourth-order valence-corrected chi connectivity index (χ4v) is 5.48. The van der Waals surface area contributed by atoms with Gasteiger partial charge in [0.05, 0.1) is 22.8 Å². The van der Waals surface area contributed by atoms with Crippen molar-refractivity contribution < 1.29 is 18.5 Å². The summed E-state index contributed by atoms with van der Waals surface area (Å²) in [4.78, 5) is 38.0. The molecule has 0 radical (unpaired) electrons. The van der Waals surface area contributed by atoms with E-state index in [2.05, 4.69) is 37.7 Å². The van der Waals surface area contributed by atoms with Gasteiger partial charge in [-0.25, -0.2) is 9.37 Å². The number of alkyl halides is 1. The molecular formula is C29H32ClFN6O3. The molecule has 3 N–H and O–H groups in total. The van der Waals surface area contributed by atoms with Crippen molar-refractivity contribution in [2.75, 3.05) is 12.4 Å². The minimum Gasteiger partial charge on any atom is -0.364 e. The fraction of sp³-hybridized carbons (Fsp3) is 0.414. The molecule has 1 aromatic carbocycles. The number of aromatic nitrogens is 4. The summed E-state index contributed by atoms with van der Waals surface area (Å²) in [6.45, 7) is 4.35. The maximum Gasteiger partial charge on any atom is 0.257 e. The van der Waals surface area contributed by atoms with Crippen molar-refractivity contribution in [3.05, 3.63) is 65.3 Å². The Hall–Kier alpha value is -3.79. The SMILES string of the molecule is Cc1nocc1C(=O)NC(c1nc2c(F)c(-c3cnccc3C(=O)NCCCCl)ccc2[nH]1)C1CCC(C)CC1. The van der Waals surface area contributed by atoms with E-state index < -0.39 is 11.9 Å². The average molecular weight is 567 g/mol. The molecule has 0 aliphatic heterocycles. The summed E-state index contributed by atoms with van der Waals surface area (Å²) in [7, 11) is 0. The van der Waals surface area contributed by atoms with E-state index in [0.717, 1.165) is 25.7 Å². The Balaban J connectivity index is 1.50. The molecular weight excluding hydrogens is 535 g/mol. The summed E-state index contributed by atoms with van der Waals surface area (Å²) < 4.78 is 21.0. The summed E-state index contributed by atoms with van der Waals surface area (Å²) >= 11 is 5.72. The van der Waals surface area contributed by atoms with Crippen LogP contribution in [0, 0.1) is 24.6 Å². The predicted molar refractivity (Wildman–Crippen MR) is 150 cm³/mol. The molecule has 1 saturated carbocycles. The number of carbonyl (C=O) groups is 2. The van der Waals surface area contributed by atoms with Crippen LogP contribution in [0.3, 0.4) is 0 Å². The Morgan fingerprint density at radius 2 is 1.95 bits per heavy atom.